The molecule has 0 bridgehead atoms. The molecule has 5 nitrogen and oxygen atoms in total. The first kappa shape index (κ1) is 13.2. The molecule has 0 unspecified atom stereocenters. The Bertz CT molecular complexity index is 442. The lowest BCUT2D eigenvalue weighted by Crippen LogP contribution is -2.54. The third kappa shape index (κ3) is 2.44. The van der Waals surface area contributed by atoms with Crippen molar-refractivity contribution in [2.75, 3.05) is 26.0 Å². The van der Waals surface area contributed by atoms with Crippen molar-refractivity contribution >= 4 is 23.0 Å². The molecule has 1 aromatic heterocycles. The van der Waals surface area contributed by atoms with Gasteiger partial charge in [0.2, 0.25) is 0 Å². The van der Waals surface area contributed by atoms with Gasteiger partial charge in [-0.15, -0.1) is 0 Å². The molecule has 0 aromatic carbocycles. The summed E-state index contributed by atoms with van der Waals surface area (Å²) >= 11 is 4.98. The first-order valence-corrected chi connectivity index (χ1v) is 6.48. The summed E-state index contributed by atoms with van der Waals surface area (Å²) in [6.07, 6.45) is 6.94. The fourth-order valence-corrected chi connectivity index (χ4v) is 2.41. The smallest absolute Gasteiger partial charge is 0.155 e. The molecule has 0 radical (unpaired) electrons. The van der Waals surface area contributed by atoms with Gasteiger partial charge in [0.25, 0.3) is 0 Å². The van der Waals surface area contributed by atoms with Crippen LogP contribution in [0.25, 0.3) is 0 Å². The second-order valence-corrected chi connectivity index (χ2v) is 5.38. The third-order valence-electron chi connectivity index (χ3n) is 3.75. The van der Waals surface area contributed by atoms with E-state index in [1.165, 1.54) is 19.3 Å². The van der Waals surface area contributed by atoms with Gasteiger partial charge in [0.15, 0.2) is 5.82 Å². The summed E-state index contributed by atoms with van der Waals surface area (Å²) in [5.74, 6) is 0.679. The normalized spacial score (nSPS) is 17.3. The maximum Gasteiger partial charge on any atom is 0.155 e. The highest BCUT2D eigenvalue weighted by Gasteiger charge is 2.38. The first-order valence-electron chi connectivity index (χ1n) is 6.07. The SMILES string of the molecule is CN(C)C1(CNc2nccnc2C(N)=S)CCC1. The van der Waals surface area contributed by atoms with Crippen LogP contribution in [0.5, 0.6) is 0 Å². The standard InChI is InChI=1S/C12H19N5S/c1-17(2)12(4-3-5-12)8-16-11-9(10(13)18)14-6-7-15-11/h6-7H,3-5,8H2,1-2H3,(H2,13,18)(H,15,16). The topological polar surface area (TPSA) is 67.1 Å². The summed E-state index contributed by atoms with van der Waals surface area (Å²) in [5, 5.41) is 3.34. The zero-order valence-electron chi connectivity index (χ0n) is 10.8. The Labute approximate surface area is 113 Å². The van der Waals surface area contributed by atoms with Gasteiger partial charge in [-0.25, -0.2) is 9.97 Å². The van der Waals surface area contributed by atoms with Gasteiger partial charge in [0.1, 0.15) is 10.7 Å². The highest BCUT2D eigenvalue weighted by atomic mass is 32.1. The molecule has 1 aliphatic carbocycles. The average molecular weight is 265 g/mol. The fraction of sp³-hybridized carbons (Fsp3) is 0.583. The summed E-state index contributed by atoms with van der Waals surface area (Å²) in [6.45, 7) is 0.842. The lowest BCUT2D eigenvalue weighted by Gasteiger charge is -2.47. The zero-order chi connectivity index (χ0) is 13.2. The lowest BCUT2D eigenvalue weighted by atomic mass is 9.75. The minimum atomic E-state index is 0.227. The number of nitrogens with zero attached hydrogens (tertiary/aromatic N) is 3. The van der Waals surface area contributed by atoms with E-state index in [0.717, 1.165) is 6.54 Å². The third-order valence-corrected chi connectivity index (χ3v) is 3.94. The molecule has 98 valence electrons. The van der Waals surface area contributed by atoms with Gasteiger partial charge in [-0.2, -0.15) is 0 Å². The second-order valence-electron chi connectivity index (χ2n) is 4.94. The Balaban J connectivity index is 2.08. The van der Waals surface area contributed by atoms with Crippen molar-refractivity contribution in [2.24, 2.45) is 5.73 Å². The molecule has 1 fully saturated rings. The Morgan fingerprint density at radius 2 is 2.11 bits per heavy atom. The number of nitrogens with two attached hydrogens (primary N) is 1. The van der Waals surface area contributed by atoms with E-state index in [1.807, 2.05) is 0 Å². The number of thiocarbonyl (C=S) groups is 1. The molecular formula is C12H19N5S. The molecule has 0 amide bonds. The van der Waals surface area contributed by atoms with Crippen LogP contribution < -0.4 is 11.1 Å². The summed E-state index contributed by atoms with van der Waals surface area (Å²) in [5.41, 5.74) is 6.44. The van der Waals surface area contributed by atoms with E-state index >= 15 is 0 Å². The van der Waals surface area contributed by atoms with Crippen LogP contribution in [0.4, 0.5) is 5.82 Å². The maximum atomic E-state index is 5.64. The van der Waals surface area contributed by atoms with Gasteiger partial charge in [-0.05, 0) is 33.4 Å². The molecule has 1 aliphatic rings. The van der Waals surface area contributed by atoms with Crippen LogP contribution in [0.3, 0.4) is 0 Å². The summed E-state index contributed by atoms with van der Waals surface area (Å²) < 4.78 is 0. The molecule has 6 heteroatoms. The van der Waals surface area contributed by atoms with Crippen molar-refractivity contribution < 1.29 is 0 Å². The first-order chi connectivity index (χ1) is 8.55. The number of likely N-dealkylation sites (N-methyl/N-ethyl adjacent to an activating group) is 1. The molecule has 0 saturated heterocycles. The number of anilines is 1. The molecule has 2 rings (SSSR count). The van der Waals surface area contributed by atoms with Crippen molar-refractivity contribution in [3.05, 3.63) is 18.1 Å². The van der Waals surface area contributed by atoms with Crippen LogP contribution in [0.1, 0.15) is 25.0 Å². The van der Waals surface area contributed by atoms with E-state index in [0.29, 0.717) is 11.5 Å². The van der Waals surface area contributed by atoms with Crippen LogP contribution in [0, 0.1) is 0 Å². The monoisotopic (exact) mass is 265 g/mol. The molecule has 0 aliphatic heterocycles. The van der Waals surface area contributed by atoms with E-state index in [2.05, 4.69) is 34.3 Å². The minimum Gasteiger partial charge on any atom is -0.388 e. The second kappa shape index (κ2) is 5.16. The highest BCUT2D eigenvalue weighted by Crippen LogP contribution is 2.36. The molecule has 18 heavy (non-hydrogen) atoms. The van der Waals surface area contributed by atoms with Crippen LogP contribution in [-0.2, 0) is 0 Å². The van der Waals surface area contributed by atoms with Crippen molar-refractivity contribution in [3.63, 3.8) is 0 Å². The minimum absolute atomic E-state index is 0.227. The van der Waals surface area contributed by atoms with Gasteiger partial charge < -0.3 is 16.0 Å². The fourth-order valence-electron chi connectivity index (χ4n) is 2.26. The van der Waals surface area contributed by atoms with E-state index < -0.39 is 0 Å². The van der Waals surface area contributed by atoms with Crippen LogP contribution >= 0.6 is 12.2 Å². The Kier molecular flexibility index (Phi) is 3.77. The van der Waals surface area contributed by atoms with Gasteiger partial charge in [0, 0.05) is 24.5 Å². The molecule has 0 atom stereocenters. The molecular weight excluding hydrogens is 246 g/mol. The van der Waals surface area contributed by atoms with Gasteiger partial charge in [-0.1, -0.05) is 12.2 Å². The Morgan fingerprint density at radius 3 is 2.61 bits per heavy atom. The average Bonchev–Trinajstić information content (AvgIpc) is 2.27. The molecule has 1 saturated carbocycles. The largest absolute Gasteiger partial charge is 0.388 e. The number of hydrogen-bond donors (Lipinski definition) is 2. The van der Waals surface area contributed by atoms with E-state index in [-0.39, 0.29) is 10.5 Å². The lowest BCUT2D eigenvalue weighted by molar-refractivity contribution is 0.0738. The highest BCUT2D eigenvalue weighted by molar-refractivity contribution is 7.80. The van der Waals surface area contributed by atoms with Crippen LogP contribution in [0.2, 0.25) is 0 Å². The van der Waals surface area contributed by atoms with E-state index in [9.17, 15) is 0 Å². The molecule has 0 spiro atoms. The number of aromatic nitrogens is 2. The van der Waals surface area contributed by atoms with Gasteiger partial charge in [0.05, 0.1) is 0 Å². The molecule has 1 heterocycles. The van der Waals surface area contributed by atoms with Crippen LogP contribution in [0.15, 0.2) is 12.4 Å². The molecule has 3 N–H and O–H groups in total. The van der Waals surface area contributed by atoms with Crippen LogP contribution in [-0.4, -0.2) is 46.0 Å². The predicted molar refractivity (Wildman–Crippen MR) is 76.7 cm³/mol. The Morgan fingerprint density at radius 1 is 1.44 bits per heavy atom. The summed E-state index contributed by atoms with van der Waals surface area (Å²) in [4.78, 5) is 11.0. The van der Waals surface area contributed by atoms with Crippen molar-refractivity contribution in [3.8, 4) is 0 Å². The van der Waals surface area contributed by atoms with Gasteiger partial charge in [-0.3, -0.25) is 0 Å². The predicted octanol–water partition coefficient (Wildman–Crippen LogP) is 1.01. The number of nitrogens with one attached hydrogen (secondary N) is 1. The van der Waals surface area contributed by atoms with E-state index in [4.69, 9.17) is 18.0 Å². The maximum absolute atomic E-state index is 5.64. The van der Waals surface area contributed by atoms with Gasteiger partial charge >= 0.3 is 0 Å². The summed E-state index contributed by atoms with van der Waals surface area (Å²) in [7, 11) is 4.23. The van der Waals surface area contributed by atoms with Crippen molar-refractivity contribution in [2.45, 2.75) is 24.8 Å². The van der Waals surface area contributed by atoms with Crippen molar-refractivity contribution in [1.82, 2.24) is 14.9 Å². The molecule has 1 aromatic rings. The Hall–Kier alpha value is -1.27. The zero-order valence-corrected chi connectivity index (χ0v) is 11.6. The van der Waals surface area contributed by atoms with E-state index in [1.54, 1.807) is 12.4 Å². The quantitative estimate of drug-likeness (QED) is 0.775. The number of hydrogen-bond acceptors (Lipinski definition) is 5. The number of rotatable bonds is 5. The van der Waals surface area contributed by atoms with Crippen molar-refractivity contribution in [1.29, 1.82) is 0 Å². The summed E-state index contributed by atoms with van der Waals surface area (Å²) in [6, 6.07) is 0.